The monoisotopic (exact) mass is 389 g/mol. The van der Waals surface area contributed by atoms with Crippen LogP contribution in [0.15, 0.2) is 47.4 Å². The molecule has 144 valence electrons. The molecule has 2 aromatic rings. The summed E-state index contributed by atoms with van der Waals surface area (Å²) in [4.78, 5) is 12.4. The fourth-order valence-corrected chi connectivity index (χ4v) is 4.71. The molecule has 0 aliphatic carbocycles. The Bertz CT molecular complexity index is 920. The quantitative estimate of drug-likeness (QED) is 0.738. The van der Waals surface area contributed by atoms with Crippen LogP contribution in [0.2, 0.25) is 0 Å². The molecule has 2 aromatic carbocycles. The Morgan fingerprint density at radius 3 is 2.44 bits per heavy atom. The number of amides is 1. The first-order chi connectivity index (χ1) is 12.9. The zero-order chi connectivity index (χ0) is 19.4. The summed E-state index contributed by atoms with van der Waals surface area (Å²) in [5, 5.41) is 2.77. The number of hydrogen-bond acceptors (Lipinski definition) is 5. The van der Waals surface area contributed by atoms with E-state index >= 15 is 0 Å². The van der Waals surface area contributed by atoms with E-state index in [-0.39, 0.29) is 23.0 Å². The number of nitrogens with one attached hydrogen (secondary N) is 1. The molecule has 0 radical (unpaired) electrons. The topological polar surface area (TPSA) is 102 Å². The Labute approximate surface area is 159 Å². The van der Waals surface area contributed by atoms with Crippen molar-refractivity contribution in [2.45, 2.75) is 24.2 Å². The molecule has 1 aliphatic rings. The molecule has 7 nitrogen and oxygen atoms in total. The summed E-state index contributed by atoms with van der Waals surface area (Å²) >= 11 is 0. The molecule has 0 aromatic heterocycles. The van der Waals surface area contributed by atoms with Crippen LogP contribution in [0.3, 0.4) is 0 Å². The molecule has 0 unspecified atom stereocenters. The van der Waals surface area contributed by atoms with Crippen LogP contribution in [0.4, 0.5) is 11.4 Å². The third-order valence-electron chi connectivity index (χ3n) is 4.47. The third-order valence-corrected chi connectivity index (χ3v) is 6.41. The number of anilines is 2. The Hall–Kier alpha value is -2.58. The molecule has 1 saturated heterocycles. The molecular weight excluding hydrogens is 366 g/mol. The maximum absolute atomic E-state index is 12.8. The van der Waals surface area contributed by atoms with Crippen molar-refractivity contribution in [1.29, 1.82) is 0 Å². The molecule has 1 amide bonds. The SMILES string of the molecule is COc1cc(NC(=O)Cc2ccc(N)cc2)ccc1S(=O)(=O)N1CCCC1. The molecule has 1 fully saturated rings. The zero-order valence-electron chi connectivity index (χ0n) is 15.1. The van der Waals surface area contributed by atoms with Gasteiger partial charge in [0.2, 0.25) is 15.9 Å². The van der Waals surface area contributed by atoms with Crippen LogP contribution in [-0.2, 0) is 21.2 Å². The minimum Gasteiger partial charge on any atom is -0.495 e. The van der Waals surface area contributed by atoms with Gasteiger partial charge in [-0.1, -0.05) is 12.1 Å². The number of carbonyl (C=O) groups is 1. The van der Waals surface area contributed by atoms with Crippen molar-refractivity contribution in [2.24, 2.45) is 0 Å². The third kappa shape index (κ3) is 4.40. The predicted octanol–water partition coefficient (Wildman–Crippen LogP) is 2.24. The van der Waals surface area contributed by atoms with Crippen LogP contribution in [-0.4, -0.2) is 38.8 Å². The van der Waals surface area contributed by atoms with Gasteiger partial charge in [0.1, 0.15) is 10.6 Å². The highest BCUT2D eigenvalue weighted by atomic mass is 32.2. The molecule has 0 spiro atoms. The molecule has 0 atom stereocenters. The van der Waals surface area contributed by atoms with E-state index in [2.05, 4.69) is 5.32 Å². The minimum atomic E-state index is -3.60. The van der Waals surface area contributed by atoms with E-state index in [0.717, 1.165) is 18.4 Å². The lowest BCUT2D eigenvalue weighted by Crippen LogP contribution is -2.28. The predicted molar refractivity (Wildman–Crippen MR) is 104 cm³/mol. The summed E-state index contributed by atoms with van der Waals surface area (Å²) in [7, 11) is -2.18. The molecule has 0 saturated carbocycles. The highest BCUT2D eigenvalue weighted by molar-refractivity contribution is 7.89. The summed E-state index contributed by atoms with van der Waals surface area (Å²) in [5.74, 6) is 0.00385. The number of carbonyl (C=O) groups excluding carboxylic acids is 1. The standard InChI is InChI=1S/C19H23N3O4S/c1-26-17-13-16(21-19(23)12-14-4-6-15(20)7-5-14)8-9-18(17)27(24,25)22-10-2-3-11-22/h4-9,13H,2-3,10-12,20H2,1H3,(H,21,23). The second kappa shape index (κ2) is 7.98. The lowest BCUT2D eigenvalue weighted by molar-refractivity contribution is -0.115. The van der Waals surface area contributed by atoms with Crippen molar-refractivity contribution in [1.82, 2.24) is 4.31 Å². The lowest BCUT2D eigenvalue weighted by Gasteiger charge is -2.18. The number of nitrogens with zero attached hydrogens (tertiary/aromatic N) is 1. The van der Waals surface area contributed by atoms with Crippen LogP contribution < -0.4 is 15.8 Å². The van der Waals surface area contributed by atoms with Crippen LogP contribution in [0, 0.1) is 0 Å². The maximum Gasteiger partial charge on any atom is 0.246 e. The van der Waals surface area contributed by atoms with Gasteiger partial charge in [0.05, 0.1) is 13.5 Å². The molecule has 0 bridgehead atoms. The van der Waals surface area contributed by atoms with Crippen LogP contribution in [0.5, 0.6) is 5.75 Å². The highest BCUT2D eigenvalue weighted by Gasteiger charge is 2.30. The average molecular weight is 389 g/mol. The normalized spacial score (nSPS) is 14.9. The van der Waals surface area contributed by atoms with Crippen molar-refractivity contribution < 1.29 is 17.9 Å². The van der Waals surface area contributed by atoms with Crippen molar-refractivity contribution >= 4 is 27.3 Å². The molecule has 1 heterocycles. The number of ether oxygens (including phenoxy) is 1. The number of sulfonamides is 1. The van der Waals surface area contributed by atoms with Crippen molar-refractivity contribution in [3.63, 3.8) is 0 Å². The largest absolute Gasteiger partial charge is 0.495 e. The Morgan fingerprint density at radius 1 is 1.15 bits per heavy atom. The van der Waals surface area contributed by atoms with Gasteiger partial charge in [0.25, 0.3) is 0 Å². The van der Waals surface area contributed by atoms with Gasteiger partial charge in [-0.3, -0.25) is 4.79 Å². The molecular formula is C19H23N3O4S. The fraction of sp³-hybridized carbons (Fsp3) is 0.316. The maximum atomic E-state index is 12.8. The zero-order valence-corrected chi connectivity index (χ0v) is 16.0. The second-order valence-corrected chi connectivity index (χ2v) is 8.35. The highest BCUT2D eigenvalue weighted by Crippen LogP contribution is 2.31. The number of nitrogens with two attached hydrogens (primary N) is 1. The van der Waals surface area contributed by atoms with Crippen LogP contribution >= 0.6 is 0 Å². The van der Waals surface area contributed by atoms with Gasteiger partial charge < -0.3 is 15.8 Å². The molecule has 1 aliphatic heterocycles. The van der Waals surface area contributed by atoms with Gasteiger partial charge in [-0.2, -0.15) is 4.31 Å². The van der Waals surface area contributed by atoms with Crippen molar-refractivity contribution in [3.8, 4) is 5.75 Å². The summed E-state index contributed by atoms with van der Waals surface area (Å²) in [6.07, 6.45) is 1.91. The second-order valence-electron chi connectivity index (χ2n) is 6.44. The molecule has 3 N–H and O–H groups in total. The van der Waals surface area contributed by atoms with E-state index < -0.39 is 10.0 Å². The van der Waals surface area contributed by atoms with Crippen LogP contribution in [0.1, 0.15) is 18.4 Å². The number of benzene rings is 2. The lowest BCUT2D eigenvalue weighted by atomic mass is 10.1. The van der Waals surface area contributed by atoms with Crippen molar-refractivity contribution in [2.75, 3.05) is 31.2 Å². The number of rotatable bonds is 6. The van der Waals surface area contributed by atoms with Gasteiger partial charge in [-0.15, -0.1) is 0 Å². The van der Waals surface area contributed by atoms with E-state index in [1.807, 2.05) is 0 Å². The number of methoxy groups -OCH3 is 1. The Kier molecular flexibility index (Phi) is 5.67. The first-order valence-electron chi connectivity index (χ1n) is 8.72. The summed E-state index contributed by atoms with van der Waals surface area (Å²) in [5.41, 5.74) is 7.59. The van der Waals surface area contributed by atoms with Gasteiger partial charge in [0, 0.05) is 30.5 Å². The van der Waals surface area contributed by atoms with Gasteiger partial charge in [-0.25, -0.2) is 8.42 Å². The Morgan fingerprint density at radius 2 is 1.81 bits per heavy atom. The first-order valence-corrected chi connectivity index (χ1v) is 10.2. The minimum absolute atomic E-state index is 0.114. The van der Waals surface area contributed by atoms with Gasteiger partial charge in [0.15, 0.2) is 0 Å². The first kappa shape index (κ1) is 19.2. The van der Waals surface area contributed by atoms with E-state index in [1.165, 1.54) is 23.5 Å². The van der Waals surface area contributed by atoms with Gasteiger partial charge in [-0.05, 0) is 42.7 Å². The van der Waals surface area contributed by atoms with E-state index in [9.17, 15) is 13.2 Å². The molecule has 3 rings (SSSR count). The summed E-state index contributed by atoms with van der Waals surface area (Å²) < 4.78 is 32.3. The average Bonchev–Trinajstić information content (AvgIpc) is 3.19. The number of nitrogen functional groups attached to an aromatic ring is 1. The van der Waals surface area contributed by atoms with E-state index in [0.29, 0.717) is 24.5 Å². The van der Waals surface area contributed by atoms with E-state index in [1.54, 1.807) is 30.3 Å². The Balaban J connectivity index is 1.75. The fourth-order valence-electron chi connectivity index (χ4n) is 3.05. The molecule has 27 heavy (non-hydrogen) atoms. The van der Waals surface area contributed by atoms with Gasteiger partial charge >= 0.3 is 0 Å². The summed E-state index contributed by atoms with van der Waals surface area (Å²) in [6, 6.07) is 11.7. The summed E-state index contributed by atoms with van der Waals surface area (Å²) in [6.45, 7) is 1.04. The van der Waals surface area contributed by atoms with E-state index in [4.69, 9.17) is 10.5 Å². The molecule has 8 heteroatoms. The van der Waals surface area contributed by atoms with Crippen molar-refractivity contribution in [3.05, 3.63) is 48.0 Å². The smallest absolute Gasteiger partial charge is 0.246 e. The van der Waals surface area contributed by atoms with Crippen LogP contribution in [0.25, 0.3) is 0 Å². The number of hydrogen-bond donors (Lipinski definition) is 2.